The van der Waals surface area contributed by atoms with E-state index in [-0.39, 0.29) is 0 Å². The van der Waals surface area contributed by atoms with Crippen molar-refractivity contribution in [2.45, 2.75) is 0 Å². The van der Waals surface area contributed by atoms with E-state index < -0.39 is 46.1 Å². The summed E-state index contributed by atoms with van der Waals surface area (Å²) in [5.74, 6) is -5.74. The van der Waals surface area contributed by atoms with Gasteiger partial charge in [0, 0.05) is 11.1 Å². The number of carbonyl (C=O) groups excluding carboxylic acids is 4. The minimum Gasteiger partial charge on any atom is -0.545 e. The van der Waals surface area contributed by atoms with Crippen molar-refractivity contribution in [2.75, 3.05) is 14.2 Å². The van der Waals surface area contributed by atoms with Gasteiger partial charge in [0.1, 0.15) is 0 Å². The first-order chi connectivity index (χ1) is 9.33. The van der Waals surface area contributed by atoms with E-state index in [1.807, 2.05) is 0 Å². The lowest BCUT2D eigenvalue weighted by Gasteiger charge is -2.15. The Hall–Kier alpha value is -2.90. The SMILES string of the molecule is COC(=O)c1cc(C(=O)[O-])c(C(=O)OC)cc1C(=O)[O-]. The molecular formula is C12H8O8-2. The lowest BCUT2D eigenvalue weighted by Crippen LogP contribution is -2.29. The zero-order valence-electron chi connectivity index (χ0n) is 10.4. The molecule has 0 amide bonds. The fourth-order valence-electron chi connectivity index (χ4n) is 1.50. The molecule has 0 radical (unpaired) electrons. The number of carboxylic acids is 2. The summed E-state index contributed by atoms with van der Waals surface area (Å²) < 4.78 is 8.66. The molecule has 0 saturated heterocycles. The normalized spacial score (nSPS) is 9.70. The van der Waals surface area contributed by atoms with Gasteiger partial charge in [-0.25, -0.2) is 9.59 Å². The first kappa shape index (κ1) is 15.2. The molecule has 0 aliphatic rings. The predicted octanol–water partition coefficient (Wildman–Crippen LogP) is -2.01. The molecule has 0 heterocycles. The maximum Gasteiger partial charge on any atom is 0.338 e. The predicted molar refractivity (Wildman–Crippen MR) is 57.8 cm³/mol. The topological polar surface area (TPSA) is 133 Å². The van der Waals surface area contributed by atoms with Crippen LogP contribution in [0.5, 0.6) is 0 Å². The quantitative estimate of drug-likeness (QED) is 0.577. The minimum atomic E-state index is -1.78. The molecule has 106 valence electrons. The second-order valence-electron chi connectivity index (χ2n) is 3.50. The van der Waals surface area contributed by atoms with Crippen LogP contribution in [0.1, 0.15) is 41.4 Å². The lowest BCUT2D eigenvalue weighted by molar-refractivity contribution is -0.256. The van der Waals surface area contributed by atoms with Crippen LogP contribution in [0.3, 0.4) is 0 Å². The van der Waals surface area contributed by atoms with Gasteiger partial charge in [0.05, 0.1) is 37.3 Å². The third-order valence-corrected chi connectivity index (χ3v) is 2.41. The van der Waals surface area contributed by atoms with Crippen molar-refractivity contribution in [3.63, 3.8) is 0 Å². The van der Waals surface area contributed by atoms with Gasteiger partial charge in [0.2, 0.25) is 0 Å². The van der Waals surface area contributed by atoms with Crippen molar-refractivity contribution in [2.24, 2.45) is 0 Å². The molecule has 8 nitrogen and oxygen atoms in total. The van der Waals surface area contributed by atoms with Crippen LogP contribution in [-0.2, 0) is 9.47 Å². The van der Waals surface area contributed by atoms with Gasteiger partial charge in [-0.2, -0.15) is 0 Å². The Balaban J connectivity index is 3.68. The summed E-state index contributed by atoms with van der Waals surface area (Å²) in [7, 11) is 1.96. The minimum absolute atomic E-state index is 0.570. The van der Waals surface area contributed by atoms with Gasteiger partial charge in [-0.15, -0.1) is 0 Å². The maximum absolute atomic E-state index is 11.4. The van der Waals surface area contributed by atoms with E-state index in [1.54, 1.807) is 0 Å². The molecule has 1 aromatic carbocycles. The van der Waals surface area contributed by atoms with Crippen molar-refractivity contribution < 1.29 is 38.9 Å². The van der Waals surface area contributed by atoms with Gasteiger partial charge in [0.15, 0.2) is 0 Å². The number of hydrogen-bond acceptors (Lipinski definition) is 8. The molecule has 1 rings (SSSR count). The van der Waals surface area contributed by atoms with Gasteiger partial charge in [-0.3, -0.25) is 0 Å². The van der Waals surface area contributed by atoms with Gasteiger partial charge in [-0.05, 0) is 12.1 Å². The average Bonchev–Trinajstić information content (AvgIpc) is 2.43. The first-order valence-corrected chi connectivity index (χ1v) is 5.10. The number of esters is 2. The Bertz CT molecular complexity index is 548. The monoisotopic (exact) mass is 280 g/mol. The molecule has 0 aliphatic heterocycles. The summed E-state index contributed by atoms with van der Waals surface area (Å²) in [5.41, 5.74) is -2.52. The van der Waals surface area contributed by atoms with E-state index in [0.717, 1.165) is 14.2 Å². The van der Waals surface area contributed by atoms with Crippen LogP contribution in [0.2, 0.25) is 0 Å². The first-order valence-electron chi connectivity index (χ1n) is 5.10. The summed E-state index contributed by atoms with van der Waals surface area (Å²) in [6, 6.07) is 1.33. The van der Waals surface area contributed by atoms with Crippen molar-refractivity contribution >= 4 is 23.9 Å². The smallest absolute Gasteiger partial charge is 0.338 e. The molecule has 0 fully saturated rings. The van der Waals surface area contributed by atoms with E-state index >= 15 is 0 Å². The highest BCUT2D eigenvalue weighted by Gasteiger charge is 2.21. The van der Waals surface area contributed by atoms with E-state index in [0.29, 0.717) is 12.1 Å². The molecule has 0 saturated carbocycles. The van der Waals surface area contributed by atoms with Gasteiger partial charge >= 0.3 is 11.9 Å². The van der Waals surface area contributed by atoms with Crippen LogP contribution in [0, 0.1) is 0 Å². The third-order valence-electron chi connectivity index (χ3n) is 2.41. The summed E-state index contributed by atoms with van der Waals surface area (Å²) in [4.78, 5) is 44.7. The molecule has 20 heavy (non-hydrogen) atoms. The number of carboxylic acid groups (broad SMARTS) is 2. The number of aromatic carboxylic acids is 2. The molecule has 0 N–H and O–H groups in total. The van der Waals surface area contributed by atoms with Gasteiger partial charge < -0.3 is 29.3 Å². The van der Waals surface area contributed by atoms with E-state index in [4.69, 9.17) is 0 Å². The summed E-state index contributed by atoms with van der Waals surface area (Å²) in [6.07, 6.45) is 0. The largest absolute Gasteiger partial charge is 0.545 e. The second-order valence-corrected chi connectivity index (χ2v) is 3.50. The zero-order chi connectivity index (χ0) is 15.4. The summed E-state index contributed by atoms with van der Waals surface area (Å²) in [5, 5.41) is 21.9. The third kappa shape index (κ3) is 2.74. The fraction of sp³-hybridized carbons (Fsp3) is 0.167. The summed E-state index contributed by atoms with van der Waals surface area (Å²) >= 11 is 0. The van der Waals surface area contributed by atoms with Gasteiger partial charge in [-0.1, -0.05) is 0 Å². The highest BCUT2D eigenvalue weighted by Crippen LogP contribution is 2.19. The van der Waals surface area contributed by atoms with E-state index in [9.17, 15) is 29.4 Å². The van der Waals surface area contributed by atoms with Crippen LogP contribution in [0.4, 0.5) is 0 Å². The molecule has 0 spiro atoms. The van der Waals surface area contributed by atoms with Crippen molar-refractivity contribution in [3.05, 3.63) is 34.4 Å². The standard InChI is InChI=1S/C12H10O8/c1-19-11(17)7-3-6(10(15)16)8(12(18)20-2)4-5(7)9(13)14/h3-4H,1-2H3,(H,13,14)(H,15,16)/p-2. The highest BCUT2D eigenvalue weighted by molar-refractivity contribution is 6.09. The Morgan fingerprint density at radius 3 is 1.25 bits per heavy atom. The Morgan fingerprint density at radius 1 is 0.750 bits per heavy atom. The van der Waals surface area contributed by atoms with Crippen molar-refractivity contribution in [3.8, 4) is 0 Å². The van der Waals surface area contributed by atoms with Crippen LogP contribution < -0.4 is 10.2 Å². The Labute approximate surface area is 112 Å². The number of carbonyl (C=O) groups is 4. The zero-order valence-corrected chi connectivity index (χ0v) is 10.4. The molecule has 8 heteroatoms. The van der Waals surface area contributed by atoms with Gasteiger partial charge in [0.25, 0.3) is 0 Å². The Morgan fingerprint density at radius 2 is 1.05 bits per heavy atom. The average molecular weight is 280 g/mol. The fourth-order valence-corrected chi connectivity index (χ4v) is 1.50. The van der Waals surface area contributed by atoms with Crippen LogP contribution in [-0.4, -0.2) is 38.1 Å². The van der Waals surface area contributed by atoms with Crippen molar-refractivity contribution in [1.82, 2.24) is 0 Å². The van der Waals surface area contributed by atoms with Crippen LogP contribution >= 0.6 is 0 Å². The number of ether oxygens (including phenoxy) is 2. The van der Waals surface area contributed by atoms with Crippen LogP contribution in [0.25, 0.3) is 0 Å². The molecule has 0 aromatic heterocycles. The maximum atomic E-state index is 11.4. The molecule has 0 bridgehead atoms. The molecule has 1 aromatic rings. The number of benzene rings is 1. The van der Waals surface area contributed by atoms with Crippen molar-refractivity contribution in [1.29, 1.82) is 0 Å². The summed E-state index contributed by atoms with van der Waals surface area (Å²) in [6.45, 7) is 0. The van der Waals surface area contributed by atoms with E-state index in [1.165, 1.54) is 0 Å². The number of methoxy groups -OCH3 is 2. The van der Waals surface area contributed by atoms with E-state index in [2.05, 4.69) is 9.47 Å². The number of rotatable bonds is 4. The number of hydrogen-bond donors (Lipinski definition) is 0. The molecule has 0 atom stereocenters. The lowest BCUT2D eigenvalue weighted by atomic mass is 9.98. The highest BCUT2D eigenvalue weighted by atomic mass is 16.5. The second kappa shape index (κ2) is 5.83. The molecule has 0 aliphatic carbocycles. The van der Waals surface area contributed by atoms with Crippen LogP contribution in [0.15, 0.2) is 12.1 Å². The molecular weight excluding hydrogens is 272 g/mol. The molecule has 0 unspecified atom stereocenters. The Kier molecular flexibility index (Phi) is 4.42.